The van der Waals surface area contributed by atoms with Crippen molar-refractivity contribution in [2.45, 2.75) is 58.7 Å². The van der Waals surface area contributed by atoms with Gasteiger partial charge in [0.05, 0.1) is 12.6 Å². The second-order valence-corrected chi connectivity index (χ2v) is 4.67. The van der Waals surface area contributed by atoms with Crippen LogP contribution in [0.15, 0.2) is 0 Å². The topological polar surface area (TPSA) is 55.8 Å². The molecule has 1 heterocycles. The third-order valence-corrected chi connectivity index (χ3v) is 3.08. The molecular weight excluding hydrogens is 246 g/mol. The Bertz CT molecular complexity index is 266. The largest absolute Gasteiger partial charge is 0.465 e. The summed E-state index contributed by atoms with van der Waals surface area (Å²) in [6.45, 7) is 8.96. The summed E-state index contributed by atoms with van der Waals surface area (Å²) in [6.07, 6.45) is 2.41. The van der Waals surface area contributed by atoms with Crippen molar-refractivity contribution >= 4 is 12.3 Å². The molecule has 112 valence electrons. The van der Waals surface area contributed by atoms with Crippen LogP contribution in [0.3, 0.4) is 0 Å². The van der Waals surface area contributed by atoms with Gasteiger partial charge in [0.1, 0.15) is 12.3 Å². The normalized spacial score (nSPS) is 22.8. The van der Waals surface area contributed by atoms with E-state index in [1.807, 2.05) is 25.7 Å². The molecule has 0 spiro atoms. The van der Waals surface area contributed by atoms with E-state index in [-0.39, 0.29) is 24.1 Å². The van der Waals surface area contributed by atoms with Crippen molar-refractivity contribution in [3.8, 4) is 0 Å². The van der Waals surface area contributed by atoms with Crippen LogP contribution < -0.4 is 0 Å². The lowest BCUT2D eigenvalue weighted by molar-refractivity contribution is -0.149. The van der Waals surface area contributed by atoms with Crippen LogP contribution in [0, 0.1) is 0 Å². The van der Waals surface area contributed by atoms with Crippen LogP contribution in [0.25, 0.3) is 0 Å². The zero-order valence-corrected chi connectivity index (χ0v) is 12.7. The Kier molecular flexibility index (Phi) is 9.43. The fourth-order valence-corrected chi connectivity index (χ4v) is 2.22. The van der Waals surface area contributed by atoms with E-state index in [0.29, 0.717) is 6.61 Å². The molecule has 2 atom stereocenters. The van der Waals surface area contributed by atoms with Gasteiger partial charge < -0.3 is 14.3 Å². The number of hydrogen-bond acceptors (Lipinski definition) is 5. The summed E-state index contributed by atoms with van der Waals surface area (Å²) in [5, 5.41) is 0. The van der Waals surface area contributed by atoms with Crippen LogP contribution >= 0.6 is 0 Å². The van der Waals surface area contributed by atoms with Gasteiger partial charge >= 0.3 is 5.97 Å². The molecule has 1 aliphatic rings. The van der Waals surface area contributed by atoms with Crippen molar-refractivity contribution in [1.82, 2.24) is 4.90 Å². The van der Waals surface area contributed by atoms with E-state index in [4.69, 9.17) is 4.74 Å². The molecule has 0 aromatic rings. The van der Waals surface area contributed by atoms with Crippen molar-refractivity contribution in [1.29, 1.82) is 0 Å². The molecule has 0 saturated carbocycles. The van der Waals surface area contributed by atoms with E-state index in [9.17, 15) is 9.59 Å². The number of nitrogens with zero attached hydrogens (tertiary/aromatic N) is 1. The number of rotatable bonds is 5. The lowest BCUT2D eigenvalue weighted by atomic mass is 10.2. The zero-order chi connectivity index (χ0) is 14.8. The second-order valence-electron chi connectivity index (χ2n) is 4.67. The maximum atomic E-state index is 11.6. The average molecular weight is 273 g/mol. The van der Waals surface area contributed by atoms with Gasteiger partial charge in [-0.1, -0.05) is 0 Å². The van der Waals surface area contributed by atoms with Crippen LogP contribution in [0.1, 0.15) is 40.5 Å². The summed E-state index contributed by atoms with van der Waals surface area (Å²) in [5.74, 6) is -0.199. The highest BCUT2D eigenvalue weighted by Crippen LogP contribution is 2.26. The van der Waals surface area contributed by atoms with Crippen molar-refractivity contribution in [3.63, 3.8) is 0 Å². The van der Waals surface area contributed by atoms with Gasteiger partial charge in [-0.3, -0.25) is 9.69 Å². The number of aldehydes is 1. The first-order valence-electron chi connectivity index (χ1n) is 6.91. The first-order chi connectivity index (χ1) is 9.03. The van der Waals surface area contributed by atoms with Gasteiger partial charge in [-0.25, -0.2) is 0 Å². The smallest absolute Gasteiger partial charge is 0.323 e. The summed E-state index contributed by atoms with van der Waals surface area (Å²) < 4.78 is 9.54. The number of carbonyl (C=O) groups excluding carboxylic acids is 2. The van der Waals surface area contributed by atoms with E-state index < -0.39 is 0 Å². The standard InChI is InChI=1S/C11H19NO3.C3H8O/c1-4-15-11(14)10-6-5-9(7-13)12(10)8(2)3;1-3-4-2/h7-10H,4-6H2,1-3H3;3H2,1-2H3. The molecule has 19 heavy (non-hydrogen) atoms. The molecule has 5 heteroatoms. The van der Waals surface area contributed by atoms with Crippen molar-refractivity contribution < 1.29 is 19.1 Å². The van der Waals surface area contributed by atoms with Gasteiger partial charge in [-0.05, 0) is 40.5 Å². The molecule has 1 fully saturated rings. The minimum atomic E-state index is -0.236. The average Bonchev–Trinajstić information content (AvgIpc) is 2.83. The minimum absolute atomic E-state index is 0.126. The fourth-order valence-electron chi connectivity index (χ4n) is 2.22. The van der Waals surface area contributed by atoms with Crippen molar-refractivity contribution in [3.05, 3.63) is 0 Å². The van der Waals surface area contributed by atoms with Gasteiger partial charge in [0.15, 0.2) is 0 Å². The highest BCUT2D eigenvalue weighted by Gasteiger charge is 2.39. The van der Waals surface area contributed by atoms with Crippen LogP contribution in [-0.4, -0.2) is 55.6 Å². The Morgan fingerprint density at radius 1 is 1.32 bits per heavy atom. The predicted molar refractivity (Wildman–Crippen MR) is 74.0 cm³/mol. The van der Waals surface area contributed by atoms with Crippen LogP contribution in [0.2, 0.25) is 0 Å². The summed E-state index contributed by atoms with van der Waals surface area (Å²) in [7, 11) is 1.68. The molecule has 0 bridgehead atoms. The van der Waals surface area contributed by atoms with Crippen LogP contribution in [0.4, 0.5) is 0 Å². The molecule has 2 unspecified atom stereocenters. The van der Waals surface area contributed by atoms with Gasteiger partial charge in [-0.2, -0.15) is 0 Å². The third kappa shape index (κ3) is 5.70. The lowest BCUT2D eigenvalue weighted by Crippen LogP contribution is -2.46. The number of methoxy groups -OCH3 is 1. The number of hydrogen-bond donors (Lipinski definition) is 0. The summed E-state index contributed by atoms with van der Waals surface area (Å²) >= 11 is 0. The lowest BCUT2D eigenvalue weighted by Gasteiger charge is -2.29. The number of ether oxygens (including phenoxy) is 2. The Morgan fingerprint density at radius 2 is 1.89 bits per heavy atom. The molecule has 1 aliphatic heterocycles. The highest BCUT2D eigenvalue weighted by atomic mass is 16.5. The molecule has 0 radical (unpaired) electrons. The van der Waals surface area contributed by atoms with Gasteiger partial charge in [0, 0.05) is 19.8 Å². The van der Waals surface area contributed by atoms with E-state index in [1.54, 1.807) is 14.0 Å². The summed E-state index contributed by atoms with van der Waals surface area (Å²) in [4.78, 5) is 24.4. The quantitative estimate of drug-likeness (QED) is 0.563. The summed E-state index contributed by atoms with van der Waals surface area (Å²) in [6, 6.07) is -0.170. The maximum absolute atomic E-state index is 11.6. The molecule has 1 rings (SSSR count). The number of likely N-dealkylation sites (tertiary alicyclic amines) is 1. The Labute approximate surface area is 116 Å². The van der Waals surface area contributed by atoms with E-state index >= 15 is 0 Å². The van der Waals surface area contributed by atoms with Gasteiger partial charge in [0.25, 0.3) is 0 Å². The Hall–Kier alpha value is -0.940. The molecule has 1 saturated heterocycles. The number of carbonyl (C=O) groups is 2. The van der Waals surface area contributed by atoms with Crippen LogP contribution in [0.5, 0.6) is 0 Å². The second kappa shape index (κ2) is 9.92. The fraction of sp³-hybridized carbons (Fsp3) is 0.857. The molecule has 0 aromatic heterocycles. The predicted octanol–water partition coefficient (Wildman–Crippen LogP) is 1.64. The molecule has 0 amide bonds. The molecule has 5 nitrogen and oxygen atoms in total. The van der Waals surface area contributed by atoms with Gasteiger partial charge in [0.2, 0.25) is 0 Å². The molecule has 0 N–H and O–H groups in total. The first kappa shape index (κ1) is 18.1. The van der Waals surface area contributed by atoms with E-state index in [2.05, 4.69) is 4.74 Å². The van der Waals surface area contributed by atoms with E-state index in [1.165, 1.54) is 0 Å². The van der Waals surface area contributed by atoms with Gasteiger partial charge in [-0.15, -0.1) is 0 Å². The summed E-state index contributed by atoms with van der Waals surface area (Å²) in [5.41, 5.74) is 0. The van der Waals surface area contributed by atoms with Crippen molar-refractivity contribution in [2.24, 2.45) is 0 Å². The van der Waals surface area contributed by atoms with Crippen LogP contribution in [-0.2, 0) is 19.1 Å². The maximum Gasteiger partial charge on any atom is 0.323 e. The molecule has 0 aromatic carbocycles. The monoisotopic (exact) mass is 273 g/mol. The number of esters is 1. The Balaban J connectivity index is 0.000000711. The third-order valence-electron chi connectivity index (χ3n) is 3.08. The highest BCUT2D eigenvalue weighted by molar-refractivity contribution is 5.77. The molecule has 0 aliphatic carbocycles. The first-order valence-corrected chi connectivity index (χ1v) is 6.91. The van der Waals surface area contributed by atoms with E-state index in [0.717, 1.165) is 25.7 Å². The minimum Gasteiger partial charge on any atom is -0.465 e. The molecular formula is C14H27NO4. The Morgan fingerprint density at radius 3 is 2.26 bits per heavy atom. The van der Waals surface area contributed by atoms with Crippen molar-refractivity contribution in [2.75, 3.05) is 20.3 Å². The SMILES string of the molecule is CCOC.CCOC(=O)C1CCC(C=O)N1C(C)C. The zero-order valence-electron chi connectivity index (χ0n) is 12.7.